The first-order chi connectivity index (χ1) is 10.8. The number of carbonyl (C=O) groups is 1. The van der Waals surface area contributed by atoms with Gasteiger partial charge in [0.15, 0.2) is 0 Å². The molecule has 0 atom stereocenters. The van der Waals surface area contributed by atoms with Crippen LogP contribution in [0.5, 0.6) is 0 Å². The highest BCUT2D eigenvalue weighted by Gasteiger charge is 2.03. The zero-order chi connectivity index (χ0) is 15.2. The minimum Gasteiger partial charge on any atom is -0.334 e. The number of urea groups is 1. The number of nitrogens with one attached hydrogen (secondary N) is 2. The Balaban J connectivity index is 1.53. The van der Waals surface area contributed by atoms with Crippen molar-refractivity contribution in [2.45, 2.75) is 13.1 Å². The SMILES string of the molecule is O=C(NCc1ccnc(-n2ccnc2)c1)NCc1cscn1. The third kappa shape index (κ3) is 3.67. The fraction of sp³-hybridized carbons (Fsp3) is 0.143. The molecule has 0 saturated carbocycles. The summed E-state index contributed by atoms with van der Waals surface area (Å²) in [7, 11) is 0. The van der Waals surface area contributed by atoms with Gasteiger partial charge in [0.05, 0.1) is 17.7 Å². The highest BCUT2D eigenvalue weighted by Crippen LogP contribution is 2.06. The van der Waals surface area contributed by atoms with Crippen LogP contribution in [0.4, 0.5) is 4.79 Å². The van der Waals surface area contributed by atoms with E-state index in [1.807, 2.05) is 28.3 Å². The van der Waals surface area contributed by atoms with Crippen LogP contribution in [0.3, 0.4) is 0 Å². The predicted molar refractivity (Wildman–Crippen MR) is 82.5 cm³/mol. The maximum atomic E-state index is 11.7. The molecule has 8 heteroatoms. The van der Waals surface area contributed by atoms with E-state index in [1.165, 1.54) is 11.3 Å². The van der Waals surface area contributed by atoms with Crippen LogP contribution >= 0.6 is 11.3 Å². The summed E-state index contributed by atoms with van der Waals surface area (Å²) in [5.41, 5.74) is 3.55. The lowest BCUT2D eigenvalue weighted by Gasteiger charge is -2.08. The van der Waals surface area contributed by atoms with Crippen LogP contribution in [0.2, 0.25) is 0 Å². The van der Waals surface area contributed by atoms with Gasteiger partial charge in [-0.05, 0) is 17.7 Å². The first-order valence-electron chi connectivity index (χ1n) is 6.63. The van der Waals surface area contributed by atoms with Gasteiger partial charge in [-0.2, -0.15) is 0 Å². The normalized spacial score (nSPS) is 10.4. The fourth-order valence-corrected chi connectivity index (χ4v) is 2.41. The molecule has 0 bridgehead atoms. The maximum absolute atomic E-state index is 11.7. The average Bonchev–Trinajstić information content (AvgIpc) is 3.24. The zero-order valence-corrected chi connectivity index (χ0v) is 12.5. The highest BCUT2D eigenvalue weighted by molar-refractivity contribution is 7.07. The molecule has 3 aromatic heterocycles. The van der Waals surface area contributed by atoms with Crippen LogP contribution in [0, 0.1) is 0 Å². The second kappa shape index (κ2) is 6.81. The van der Waals surface area contributed by atoms with Gasteiger partial charge in [0.2, 0.25) is 0 Å². The number of aromatic nitrogens is 4. The average molecular weight is 314 g/mol. The summed E-state index contributed by atoms with van der Waals surface area (Å²) < 4.78 is 1.81. The van der Waals surface area contributed by atoms with Gasteiger partial charge in [-0.15, -0.1) is 11.3 Å². The number of imidazole rings is 1. The number of amides is 2. The number of carbonyl (C=O) groups excluding carboxylic acids is 1. The van der Waals surface area contributed by atoms with Crippen LogP contribution in [-0.2, 0) is 13.1 Å². The van der Waals surface area contributed by atoms with E-state index in [9.17, 15) is 4.79 Å². The van der Waals surface area contributed by atoms with Crippen LogP contribution in [0.1, 0.15) is 11.3 Å². The molecule has 112 valence electrons. The van der Waals surface area contributed by atoms with E-state index in [0.29, 0.717) is 13.1 Å². The van der Waals surface area contributed by atoms with Crippen LogP contribution in [-0.4, -0.2) is 25.6 Å². The molecule has 22 heavy (non-hydrogen) atoms. The molecule has 0 saturated heterocycles. The molecule has 3 heterocycles. The molecule has 0 aliphatic carbocycles. The second-order valence-electron chi connectivity index (χ2n) is 4.51. The predicted octanol–water partition coefficient (Wildman–Crippen LogP) is 1.72. The van der Waals surface area contributed by atoms with Crippen molar-refractivity contribution >= 4 is 17.4 Å². The maximum Gasteiger partial charge on any atom is 0.315 e. The zero-order valence-electron chi connectivity index (χ0n) is 11.6. The Morgan fingerprint density at radius 1 is 1.23 bits per heavy atom. The van der Waals surface area contributed by atoms with Gasteiger partial charge in [-0.25, -0.2) is 19.7 Å². The second-order valence-corrected chi connectivity index (χ2v) is 5.23. The largest absolute Gasteiger partial charge is 0.334 e. The Labute approximate surface area is 131 Å². The molecule has 0 aromatic carbocycles. The monoisotopic (exact) mass is 314 g/mol. The molecule has 3 rings (SSSR count). The van der Waals surface area contributed by atoms with Crippen molar-refractivity contribution in [2.24, 2.45) is 0 Å². The van der Waals surface area contributed by atoms with E-state index >= 15 is 0 Å². The van der Waals surface area contributed by atoms with Crippen LogP contribution in [0.25, 0.3) is 5.82 Å². The standard InChI is InChI=1S/C14H14N6OS/c21-14(18-7-12-8-22-10-19-12)17-6-11-1-2-16-13(5-11)20-4-3-15-9-20/h1-5,8-10H,6-7H2,(H2,17,18,21). The van der Waals surface area contributed by atoms with E-state index in [-0.39, 0.29) is 6.03 Å². The van der Waals surface area contributed by atoms with Crippen molar-refractivity contribution < 1.29 is 4.79 Å². The molecule has 2 N–H and O–H groups in total. The van der Waals surface area contributed by atoms with Gasteiger partial charge >= 0.3 is 6.03 Å². The molecular weight excluding hydrogens is 300 g/mol. The number of hydrogen-bond acceptors (Lipinski definition) is 5. The summed E-state index contributed by atoms with van der Waals surface area (Å²) in [4.78, 5) is 24.1. The molecule has 0 aliphatic rings. The lowest BCUT2D eigenvalue weighted by atomic mass is 10.2. The minimum absolute atomic E-state index is 0.228. The summed E-state index contributed by atoms with van der Waals surface area (Å²) in [6.07, 6.45) is 6.90. The van der Waals surface area contributed by atoms with Gasteiger partial charge in [-0.3, -0.25) is 4.57 Å². The van der Waals surface area contributed by atoms with Crippen molar-refractivity contribution in [1.82, 2.24) is 30.2 Å². The highest BCUT2D eigenvalue weighted by atomic mass is 32.1. The van der Waals surface area contributed by atoms with E-state index in [1.54, 1.807) is 24.2 Å². The Kier molecular flexibility index (Phi) is 4.40. The number of thiazole rings is 1. The number of hydrogen-bond donors (Lipinski definition) is 2. The molecule has 0 aliphatic heterocycles. The molecular formula is C14H14N6OS. The molecule has 0 spiro atoms. The van der Waals surface area contributed by atoms with E-state index < -0.39 is 0 Å². The lowest BCUT2D eigenvalue weighted by molar-refractivity contribution is 0.240. The summed E-state index contributed by atoms with van der Waals surface area (Å²) in [5.74, 6) is 0.764. The van der Waals surface area contributed by atoms with Crippen molar-refractivity contribution in [3.8, 4) is 5.82 Å². The Morgan fingerprint density at radius 2 is 2.14 bits per heavy atom. The topological polar surface area (TPSA) is 84.7 Å². The van der Waals surface area contributed by atoms with Crippen LogP contribution < -0.4 is 10.6 Å². The fourth-order valence-electron chi connectivity index (χ4n) is 1.85. The minimum atomic E-state index is -0.228. The number of rotatable bonds is 5. The summed E-state index contributed by atoms with van der Waals surface area (Å²) in [5, 5.41) is 7.47. The summed E-state index contributed by atoms with van der Waals surface area (Å²) in [6.45, 7) is 0.846. The van der Waals surface area contributed by atoms with Gasteiger partial charge in [0, 0.05) is 30.5 Å². The Bertz CT molecular complexity index is 726. The lowest BCUT2D eigenvalue weighted by Crippen LogP contribution is -2.34. The summed E-state index contributed by atoms with van der Waals surface area (Å²) >= 11 is 1.50. The summed E-state index contributed by atoms with van der Waals surface area (Å²) in [6, 6.07) is 3.54. The van der Waals surface area contributed by atoms with Gasteiger partial charge in [0.1, 0.15) is 12.1 Å². The Hall–Kier alpha value is -2.74. The van der Waals surface area contributed by atoms with E-state index in [4.69, 9.17) is 0 Å². The van der Waals surface area contributed by atoms with Crippen molar-refractivity contribution in [2.75, 3.05) is 0 Å². The quantitative estimate of drug-likeness (QED) is 0.751. The van der Waals surface area contributed by atoms with Crippen molar-refractivity contribution in [3.05, 3.63) is 59.2 Å². The van der Waals surface area contributed by atoms with Gasteiger partial charge in [-0.1, -0.05) is 0 Å². The third-order valence-corrected chi connectivity index (χ3v) is 3.58. The van der Waals surface area contributed by atoms with Crippen molar-refractivity contribution in [1.29, 1.82) is 0 Å². The number of nitrogens with zero attached hydrogens (tertiary/aromatic N) is 4. The molecule has 7 nitrogen and oxygen atoms in total. The first-order valence-corrected chi connectivity index (χ1v) is 7.57. The van der Waals surface area contributed by atoms with Gasteiger partial charge in [0.25, 0.3) is 0 Å². The molecule has 0 radical (unpaired) electrons. The van der Waals surface area contributed by atoms with Crippen molar-refractivity contribution in [3.63, 3.8) is 0 Å². The molecule has 0 unspecified atom stereocenters. The van der Waals surface area contributed by atoms with Crippen LogP contribution in [0.15, 0.2) is 47.9 Å². The van der Waals surface area contributed by atoms with E-state index in [2.05, 4.69) is 25.6 Å². The smallest absolute Gasteiger partial charge is 0.315 e. The Morgan fingerprint density at radius 3 is 2.91 bits per heavy atom. The molecule has 3 aromatic rings. The molecule has 2 amide bonds. The third-order valence-electron chi connectivity index (χ3n) is 2.95. The first kappa shape index (κ1) is 14.2. The van der Waals surface area contributed by atoms with Gasteiger partial charge < -0.3 is 10.6 Å². The number of pyridine rings is 1. The molecule has 0 fully saturated rings. The van der Waals surface area contributed by atoms with E-state index in [0.717, 1.165) is 17.1 Å².